The Morgan fingerprint density at radius 2 is 2.12 bits per heavy atom. The Labute approximate surface area is 140 Å². The van der Waals surface area contributed by atoms with Gasteiger partial charge in [0.15, 0.2) is 0 Å². The summed E-state index contributed by atoms with van der Waals surface area (Å²) in [6.45, 7) is 2.30. The molecule has 2 heterocycles. The van der Waals surface area contributed by atoms with E-state index in [1.807, 2.05) is 41.1 Å². The van der Waals surface area contributed by atoms with Crippen molar-refractivity contribution in [1.29, 1.82) is 0 Å². The van der Waals surface area contributed by atoms with Crippen LogP contribution in [0.25, 0.3) is 0 Å². The summed E-state index contributed by atoms with van der Waals surface area (Å²) in [7, 11) is 0. The summed E-state index contributed by atoms with van der Waals surface area (Å²) in [6, 6.07) is 9.48. The molecule has 3 rings (SSSR count). The minimum Gasteiger partial charge on any atom is -0.336 e. The Morgan fingerprint density at radius 3 is 2.88 bits per heavy atom. The normalized spacial score (nSPS) is 17.1. The van der Waals surface area contributed by atoms with Crippen LogP contribution < -0.4 is 10.6 Å². The van der Waals surface area contributed by atoms with Gasteiger partial charge in [0.05, 0.1) is 12.4 Å². The number of benzene rings is 1. The number of rotatable bonds is 6. The SMILES string of the molecule is O=C(NCCn1ccnc1)N[C@@H]1CC(=O)N(Cc2ccccc2)C1. The molecule has 7 nitrogen and oxygen atoms in total. The molecule has 0 aliphatic carbocycles. The molecule has 1 saturated heterocycles. The van der Waals surface area contributed by atoms with E-state index in [0.717, 1.165) is 5.56 Å². The molecular weight excluding hydrogens is 306 g/mol. The summed E-state index contributed by atoms with van der Waals surface area (Å²) in [5, 5.41) is 5.67. The number of carbonyl (C=O) groups is 2. The van der Waals surface area contributed by atoms with E-state index in [9.17, 15) is 9.59 Å². The first-order valence-corrected chi connectivity index (χ1v) is 8.02. The summed E-state index contributed by atoms with van der Waals surface area (Å²) in [5.74, 6) is 0.0718. The Kier molecular flexibility index (Phi) is 5.10. The van der Waals surface area contributed by atoms with Crippen LogP contribution in [0.2, 0.25) is 0 Å². The lowest BCUT2D eigenvalue weighted by molar-refractivity contribution is -0.128. The Bertz CT molecular complexity index is 672. The fourth-order valence-corrected chi connectivity index (χ4v) is 2.78. The molecule has 1 fully saturated rings. The lowest BCUT2D eigenvalue weighted by atomic mass is 10.2. The maximum atomic E-state index is 12.1. The molecule has 7 heteroatoms. The number of hydrogen-bond acceptors (Lipinski definition) is 3. The highest BCUT2D eigenvalue weighted by atomic mass is 16.2. The number of nitrogens with one attached hydrogen (secondary N) is 2. The monoisotopic (exact) mass is 327 g/mol. The lowest BCUT2D eigenvalue weighted by Crippen LogP contribution is -2.44. The minimum atomic E-state index is -0.241. The predicted molar refractivity (Wildman–Crippen MR) is 89.0 cm³/mol. The topological polar surface area (TPSA) is 79.3 Å². The van der Waals surface area contributed by atoms with Crippen LogP contribution in [0.3, 0.4) is 0 Å². The highest BCUT2D eigenvalue weighted by Crippen LogP contribution is 2.14. The van der Waals surface area contributed by atoms with Crippen LogP contribution >= 0.6 is 0 Å². The molecule has 0 unspecified atom stereocenters. The highest BCUT2D eigenvalue weighted by molar-refractivity contribution is 5.81. The molecule has 0 saturated carbocycles. The van der Waals surface area contributed by atoms with Gasteiger partial charge in [0.1, 0.15) is 0 Å². The van der Waals surface area contributed by atoms with E-state index in [2.05, 4.69) is 15.6 Å². The van der Waals surface area contributed by atoms with Crippen molar-refractivity contribution in [3.63, 3.8) is 0 Å². The van der Waals surface area contributed by atoms with Gasteiger partial charge < -0.3 is 20.1 Å². The number of hydrogen-bond donors (Lipinski definition) is 2. The van der Waals surface area contributed by atoms with Crippen molar-refractivity contribution in [3.8, 4) is 0 Å². The summed E-state index contributed by atoms with van der Waals surface area (Å²) >= 11 is 0. The molecular formula is C17H21N5O2. The van der Waals surface area contributed by atoms with Crippen LogP contribution in [0.15, 0.2) is 49.1 Å². The lowest BCUT2D eigenvalue weighted by Gasteiger charge is -2.17. The quantitative estimate of drug-likeness (QED) is 0.830. The van der Waals surface area contributed by atoms with Gasteiger partial charge in [-0.3, -0.25) is 4.79 Å². The predicted octanol–water partition coefficient (Wildman–Crippen LogP) is 0.983. The summed E-state index contributed by atoms with van der Waals surface area (Å²) in [6.07, 6.45) is 5.60. The van der Waals surface area contributed by atoms with Gasteiger partial charge in [-0.15, -0.1) is 0 Å². The van der Waals surface area contributed by atoms with E-state index in [1.54, 1.807) is 17.4 Å². The zero-order valence-electron chi connectivity index (χ0n) is 13.4. The number of amides is 3. The largest absolute Gasteiger partial charge is 0.336 e. The van der Waals surface area contributed by atoms with Crippen LogP contribution in [-0.2, 0) is 17.9 Å². The Balaban J connectivity index is 1.41. The zero-order valence-corrected chi connectivity index (χ0v) is 13.4. The van der Waals surface area contributed by atoms with Gasteiger partial charge in [-0.05, 0) is 5.56 Å². The van der Waals surface area contributed by atoms with E-state index in [4.69, 9.17) is 0 Å². The molecule has 0 spiro atoms. The summed E-state index contributed by atoms with van der Waals surface area (Å²) in [4.78, 5) is 29.7. The van der Waals surface area contributed by atoms with E-state index < -0.39 is 0 Å². The Hall–Kier alpha value is -2.83. The second kappa shape index (κ2) is 7.63. The van der Waals surface area contributed by atoms with Gasteiger partial charge in [-0.25, -0.2) is 9.78 Å². The number of likely N-dealkylation sites (tertiary alicyclic amines) is 1. The van der Waals surface area contributed by atoms with Crippen LogP contribution in [0.1, 0.15) is 12.0 Å². The van der Waals surface area contributed by atoms with Gasteiger partial charge in [0, 0.05) is 45.0 Å². The molecule has 1 aromatic carbocycles. The number of nitrogens with zero attached hydrogens (tertiary/aromatic N) is 3. The molecule has 1 aliphatic heterocycles. The zero-order chi connectivity index (χ0) is 16.8. The third kappa shape index (κ3) is 4.34. The standard InChI is InChI=1S/C17H21N5O2/c23-16-10-15(12-22(16)11-14-4-2-1-3-5-14)20-17(24)19-7-9-21-8-6-18-13-21/h1-6,8,13,15H,7,9-12H2,(H2,19,20,24)/t15-/m1/s1. The molecule has 2 aromatic rings. The van der Waals surface area contributed by atoms with Gasteiger partial charge in [0.25, 0.3) is 0 Å². The maximum absolute atomic E-state index is 12.1. The molecule has 2 N–H and O–H groups in total. The number of carbonyl (C=O) groups excluding carboxylic acids is 2. The second-order valence-corrected chi connectivity index (χ2v) is 5.86. The molecule has 0 radical (unpaired) electrons. The van der Waals surface area contributed by atoms with Crippen molar-refractivity contribution < 1.29 is 9.59 Å². The average Bonchev–Trinajstić information content (AvgIpc) is 3.19. The van der Waals surface area contributed by atoms with Crippen molar-refractivity contribution in [1.82, 2.24) is 25.1 Å². The first-order chi connectivity index (χ1) is 11.7. The fraction of sp³-hybridized carbons (Fsp3) is 0.353. The minimum absolute atomic E-state index is 0.0718. The third-order valence-corrected chi connectivity index (χ3v) is 3.98. The van der Waals surface area contributed by atoms with Crippen LogP contribution in [0.4, 0.5) is 4.79 Å². The Morgan fingerprint density at radius 1 is 1.29 bits per heavy atom. The molecule has 1 aliphatic rings. The number of urea groups is 1. The summed E-state index contributed by atoms with van der Waals surface area (Å²) < 4.78 is 1.89. The maximum Gasteiger partial charge on any atom is 0.315 e. The van der Waals surface area contributed by atoms with Crippen LogP contribution in [0.5, 0.6) is 0 Å². The first kappa shape index (κ1) is 16.0. The van der Waals surface area contributed by atoms with Crippen molar-refractivity contribution >= 4 is 11.9 Å². The van der Waals surface area contributed by atoms with E-state index >= 15 is 0 Å². The highest BCUT2D eigenvalue weighted by Gasteiger charge is 2.30. The fourth-order valence-electron chi connectivity index (χ4n) is 2.78. The van der Waals surface area contributed by atoms with E-state index in [1.165, 1.54) is 0 Å². The molecule has 1 aromatic heterocycles. The summed E-state index contributed by atoms with van der Waals surface area (Å²) in [5.41, 5.74) is 1.09. The number of imidazole rings is 1. The second-order valence-electron chi connectivity index (χ2n) is 5.86. The third-order valence-electron chi connectivity index (χ3n) is 3.98. The van der Waals surface area contributed by atoms with Crippen molar-refractivity contribution in [2.45, 2.75) is 25.6 Å². The first-order valence-electron chi connectivity index (χ1n) is 8.02. The van der Waals surface area contributed by atoms with E-state index in [0.29, 0.717) is 32.6 Å². The molecule has 24 heavy (non-hydrogen) atoms. The van der Waals surface area contributed by atoms with Crippen molar-refractivity contribution in [2.75, 3.05) is 13.1 Å². The van der Waals surface area contributed by atoms with Crippen LogP contribution in [0, 0.1) is 0 Å². The number of aromatic nitrogens is 2. The van der Waals surface area contributed by atoms with Gasteiger partial charge in [0.2, 0.25) is 5.91 Å². The molecule has 1 atom stereocenters. The van der Waals surface area contributed by atoms with Crippen molar-refractivity contribution in [2.24, 2.45) is 0 Å². The molecule has 126 valence electrons. The average molecular weight is 327 g/mol. The molecule has 3 amide bonds. The van der Waals surface area contributed by atoms with Gasteiger partial charge in [-0.2, -0.15) is 0 Å². The van der Waals surface area contributed by atoms with Gasteiger partial charge in [-0.1, -0.05) is 30.3 Å². The van der Waals surface area contributed by atoms with Crippen LogP contribution in [-0.4, -0.2) is 45.5 Å². The van der Waals surface area contributed by atoms with Gasteiger partial charge >= 0.3 is 6.03 Å². The molecule has 0 bridgehead atoms. The smallest absolute Gasteiger partial charge is 0.315 e. The van der Waals surface area contributed by atoms with E-state index in [-0.39, 0.29) is 18.0 Å². The van der Waals surface area contributed by atoms with Crippen molar-refractivity contribution in [3.05, 3.63) is 54.6 Å².